The van der Waals surface area contributed by atoms with Gasteiger partial charge in [-0.1, -0.05) is 73.7 Å². The molecule has 0 bridgehead atoms. The molecule has 2 saturated heterocycles. The van der Waals surface area contributed by atoms with Crippen molar-refractivity contribution in [2.75, 3.05) is 37.6 Å². The van der Waals surface area contributed by atoms with Crippen molar-refractivity contribution in [2.45, 2.75) is 39.8 Å². The second kappa shape index (κ2) is 12.6. The van der Waals surface area contributed by atoms with Gasteiger partial charge in [-0.15, -0.1) is 6.58 Å². The number of thioether (sulfide) groups is 1. The second-order valence-corrected chi connectivity index (χ2v) is 11.2. The molecular weight excluding hydrogens is 514 g/mol. The van der Waals surface area contributed by atoms with Crippen molar-refractivity contribution < 1.29 is 4.79 Å². The minimum atomic E-state index is -0.267. The number of nitriles is 1. The molecule has 38 heavy (non-hydrogen) atoms. The van der Waals surface area contributed by atoms with E-state index in [0.29, 0.717) is 27.9 Å². The fourth-order valence-electron chi connectivity index (χ4n) is 4.89. The average molecular weight is 548 g/mol. The lowest BCUT2D eigenvalue weighted by molar-refractivity contribution is -0.121. The summed E-state index contributed by atoms with van der Waals surface area (Å²) in [6, 6.07) is 12.5. The Morgan fingerprint density at radius 3 is 2.50 bits per heavy atom. The summed E-state index contributed by atoms with van der Waals surface area (Å²) in [6.45, 7) is 12.5. The normalized spacial score (nSPS) is 17.3. The third-order valence-corrected chi connectivity index (χ3v) is 8.34. The third kappa shape index (κ3) is 5.78. The van der Waals surface area contributed by atoms with Crippen LogP contribution in [0, 0.1) is 18.3 Å². The number of thiocarbonyl (C=S) groups is 1. The lowest BCUT2D eigenvalue weighted by atomic mass is 10.0. The van der Waals surface area contributed by atoms with Crippen molar-refractivity contribution in [3.8, 4) is 6.07 Å². The molecular formula is C29H33N5O2S2. The molecule has 0 radical (unpaired) electrons. The molecule has 2 fully saturated rings. The fraction of sp³-hybridized carbons (Fsp3) is 0.379. The van der Waals surface area contributed by atoms with E-state index in [1.165, 1.54) is 22.2 Å². The molecule has 1 aromatic carbocycles. The Kier molecular flexibility index (Phi) is 9.21. The number of piperazine rings is 1. The van der Waals surface area contributed by atoms with Crippen molar-refractivity contribution in [1.29, 1.82) is 5.26 Å². The van der Waals surface area contributed by atoms with Crippen LogP contribution in [0.3, 0.4) is 0 Å². The molecule has 2 aliphatic heterocycles. The Bertz CT molecular complexity index is 1350. The Morgan fingerprint density at radius 1 is 1.16 bits per heavy atom. The van der Waals surface area contributed by atoms with Gasteiger partial charge in [-0.05, 0) is 30.5 Å². The van der Waals surface area contributed by atoms with Gasteiger partial charge in [-0.25, -0.2) is 0 Å². The van der Waals surface area contributed by atoms with Gasteiger partial charge in [-0.2, -0.15) is 5.26 Å². The van der Waals surface area contributed by atoms with Crippen molar-refractivity contribution in [3.63, 3.8) is 0 Å². The molecule has 0 atom stereocenters. The summed E-state index contributed by atoms with van der Waals surface area (Å²) in [5, 5.41) is 9.90. The molecule has 2 aliphatic rings. The highest BCUT2D eigenvalue weighted by Gasteiger charge is 2.33. The molecule has 4 rings (SSSR count). The van der Waals surface area contributed by atoms with Crippen LogP contribution < -0.4 is 10.5 Å². The Morgan fingerprint density at radius 2 is 1.87 bits per heavy atom. The molecule has 0 unspecified atom stereocenters. The number of nitrogens with zero attached hydrogens (tertiary/aromatic N) is 5. The first-order valence-electron chi connectivity index (χ1n) is 12.9. The highest BCUT2D eigenvalue weighted by molar-refractivity contribution is 8.26. The monoisotopic (exact) mass is 547 g/mol. The lowest BCUT2D eigenvalue weighted by Crippen LogP contribution is -2.48. The minimum Gasteiger partial charge on any atom is -0.355 e. The first-order valence-corrected chi connectivity index (χ1v) is 14.2. The molecule has 0 N–H and O–H groups in total. The van der Waals surface area contributed by atoms with Gasteiger partial charge in [0, 0.05) is 51.4 Å². The van der Waals surface area contributed by atoms with Gasteiger partial charge >= 0.3 is 0 Å². The van der Waals surface area contributed by atoms with Gasteiger partial charge < -0.3 is 4.90 Å². The van der Waals surface area contributed by atoms with E-state index in [1.54, 1.807) is 17.6 Å². The van der Waals surface area contributed by atoms with Crippen LogP contribution in [0.25, 0.3) is 6.08 Å². The topological polar surface area (TPSA) is 72.6 Å². The third-order valence-electron chi connectivity index (χ3n) is 6.96. The summed E-state index contributed by atoms with van der Waals surface area (Å²) < 4.78 is 2.23. The van der Waals surface area contributed by atoms with Gasteiger partial charge in [-0.3, -0.25) is 24.0 Å². The van der Waals surface area contributed by atoms with Crippen molar-refractivity contribution >= 4 is 46.1 Å². The first-order chi connectivity index (χ1) is 18.4. The van der Waals surface area contributed by atoms with Crippen LogP contribution in [-0.2, 0) is 17.9 Å². The predicted octanol–water partition coefficient (Wildman–Crippen LogP) is 4.54. The van der Waals surface area contributed by atoms with Crippen LogP contribution in [0.1, 0.15) is 42.0 Å². The average Bonchev–Trinajstić information content (AvgIpc) is 3.18. The number of benzene rings is 1. The number of pyridine rings is 1. The Hall–Kier alpha value is -3.19. The summed E-state index contributed by atoms with van der Waals surface area (Å²) >= 11 is 6.69. The maximum atomic E-state index is 13.5. The van der Waals surface area contributed by atoms with Gasteiger partial charge in [0.2, 0.25) is 0 Å². The van der Waals surface area contributed by atoms with Crippen LogP contribution in [0.4, 0.5) is 5.82 Å². The summed E-state index contributed by atoms with van der Waals surface area (Å²) in [5.74, 6) is 0.607. The largest absolute Gasteiger partial charge is 0.355 e. The lowest BCUT2D eigenvalue weighted by Gasteiger charge is -2.38. The van der Waals surface area contributed by atoms with Crippen LogP contribution in [0.2, 0.25) is 0 Å². The van der Waals surface area contributed by atoms with Gasteiger partial charge in [0.1, 0.15) is 21.8 Å². The second-order valence-electron chi connectivity index (χ2n) is 9.49. The Labute approximate surface area is 234 Å². The molecule has 0 saturated carbocycles. The first kappa shape index (κ1) is 27.8. The number of hydrogen-bond acceptors (Lipinski definition) is 7. The maximum absolute atomic E-state index is 13.5. The number of carbonyl (C=O) groups excluding carboxylic acids is 1. The zero-order valence-electron chi connectivity index (χ0n) is 22.0. The minimum absolute atomic E-state index is 0.125. The number of anilines is 1. The molecule has 2 aromatic rings. The SMILES string of the molecule is C=CCN1C(=O)/C(=C/c2c(C)c(C#N)c(=O)n(CCCC)c2N2CCN(Cc3ccccc3)CC2)SC1=S. The van der Waals surface area contributed by atoms with E-state index in [1.807, 2.05) is 12.1 Å². The van der Waals surface area contributed by atoms with Gasteiger partial charge in [0.25, 0.3) is 11.5 Å². The van der Waals surface area contributed by atoms with Gasteiger partial charge in [0.05, 0.1) is 4.91 Å². The van der Waals surface area contributed by atoms with E-state index in [4.69, 9.17) is 12.2 Å². The van der Waals surface area contributed by atoms with Crippen LogP contribution >= 0.6 is 24.0 Å². The molecule has 1 aromatic heterocycles. The molecule has 7 nitrogen and oxygen atoms in total. The van der Waals surface area contributed by atoms with Crippen LogP contribution in [0.15, 0.2) is 52.7 Å². The summed E-state index contributed by atoms with van der Waals surface area (Å²) in [6.07, 6.45) is 5.21. The van der Waals surface area contributed by atoms with Crippen molar-refractivity contribution in [1.82, 2.24) is 14.4 Å². The standard InChI is InChI=1S/C29H33N5O2S2/c1-4-6-13-33-26(32-16-14-31(15-17-32)20-22-10-8-7-9-11-22)23(21(3)24(19-30)27(33)35)18-25-28(36)34(12-5-2)29(37)38-25/h5,7-11,18H,2,4,6,12-17,20H2,1,3H3/b25-18-. The molecule has 9 heteroatoms. The van der Waals surface area contributed by atoms with E-state index >= 15 is 0 Å². The van der Waals surface area contributed by atoms with Crippen molar-refractivity contribution in [3.05, 3.63) is 80.5 Å². The molecule has 0 spiro atoms. The van der Waals surface area contributed by atoms with Crippen molar-refractivity contribution in [2.24, 2.45) is 0 Å². The van der Waals surface area contributed by atoms with E-state index in [-0.39, 0.29) is 17.0 Å². The van der Waals surface area contributed by atoms with E-state index in [0.717, 1.165) is 56.9 Å². The molecule has 0 aliphatic carbocycles. The van der Waals surface area contributed by atoms with Gasteiger partial charge in [0.15, 0.2) is 0 Å². The number of amides is 1. The number of aromatic nitrogens is 1. The number of unbranched alkanes of at least 4 members (excludes halogenated alkanes) is 1. The number of rotatable bonds is 9. The zero-order chi connectivity index (χ0) is 27.2. The molecule has 3 heterocycles. The Balaban J connectivity index is 1.75. The summed E-state index contributed by atoms with van der Waals surface area (Å²) in [4.78, 5) is 33.3. The van der Waals surface area contributed by atoms with E-state index in [2.05, 4.69) is 53.6 Å². The highest BCUT2D eigenvalue weighted by atomic mass is 32.2. The fourth-order valence-corrected chi connectivity index (χ4v) is 6.14. The molecule has 198 valence electrons. The zero-order valence-corrected chi connectivity index (χ0v) is 23.6. The smallest absolute Gasteiger partial charge is 0.270 e. The van der Waals surface area contributed by atoms with E-state index < -0.39 is 0 Å². The van der Waals surface area contributed by atoms with Crippen LogP contribution in [-0.4, -0.2) is 57.3 Å². The molecule has 1 amide bonds. The quantitative estimate of drug-likeness (QED) is 0.259. The van der Waals surface area contributed by atoms with E-state index in [9.17, 15) is 14.9 Å². The number of carbonyl (C=O) groups is 1. The maximum Gasteiger partial charge on any atom is 0.270 e. The summed E-state index contributed by atoms with van der Waals surface area (Å²) in [7, 11) is 0. The number of hydrogen-bond donors (Lipinski definition) is 0. The summed E-state index contributed by atoms with van der Waals surface area (Å²) in [5.41, 5.74) is 2.47. The predicted molar refractivity (Wildman–Crippen MR) is 159 cm³/mol. The van der Waals surface area contributed by atoms with Crippen LogP contribution in [0.5, 0.6) is 0 Å². The highest BCUT2D eigenvalue weighted by Crippen LogP contribution is 2.36.